The zero-order chi connectivity index (χ0) is 19.4. The fourth-order valence-electron chi connectivity index (χ4n) is 3.13. The van der Waals surface area contributed by atoms with Crippen molar-refractivity contribution in [3.8, 4) is 5.75 Å². The molecule has 1 aromatic rings. The Balaban J connectivity index is 1.65. The van der Waals surface area contributed by atoms with Crippen LogP contribution in [-0.4, -0.2) is 47.7 Å². The number of rotatable bonds is 7. The number of sulfone groups is 1. The molecule has 0 unspecified atom stereocenters. The van der Waals surface area contributed by atoms with Crippen LogP contribution in [0.2, 0.25) is 0 Å². The Labute approximate surface area is 170 Å². The Hall–Kier alpha value is -1.38. The van der Waals surface area contributed by atoms with Gasteiger partial charge in [-0.15, -0.1) is 0 Å². The van der Waals surface area contributed by atoms with Crippen molar-refractivity contribution in [1.29, 1.82) is 0 Å². The number of hydrogen-bond donors (Lipinski definition) is 0. The van der Waals surface area contributed by atoms with Gasteiger partial charge in [0.25, 0.3) is 5.91 Å². The van der Waals surface area contributed by atoms with Crippen LogP contribution in [0.1, 0.15) is 38.2 Å². The molecule has 2 aliphatic heterocycles. The van der Waals surface area contributed by atoms with Crippen LogP contribution in [0, 0.1) is 0 Å². The van der Waals surface area contributed by atoms with E-state index in [0.29, 0.717) is 22.3 Å². The van der Waals surface area contributed by atoms with Crippen molar-refractivity contribution < 1.29 is 17.9 Å². The zero-order valence-corrected chi connectivity index (χ0v) is 17.7. The summed E-state index contributed by atoms with van der Waals surface area (Å²) >= 11 is 6.55. The molecule has 3 rings (SSSR count). The van der Waals surface area contributed by atoms with Crippen molar-refractivity contribution >= 4 is 50.1 Å². The summed E-state index contributed by atoms with van der Waals surface area (Å²) in [6.07, 6.45) is 5.60. The molecule has 2 fully saturated rings. The summed E-state index contributed by atoms with van der Waals surface area (Å²) in [5.74, 6) is 0.726. The summed E-state index contributed by atoms with van der Waals surface area (Å²) in [4.78, 5) is 14.7. The molecular formula is C19H23NO4S3. The molecule has 1 amide bonds. The molecule has 1 aromatic carbocycles. The molecule has 0 bridgehead atoms. The Morgan fingerprint density at radius 3 is 2.67 bits per heavy atom. The van der Waals surface area contributed by atoms with E-state index < -0.39 is 9.84 Å². The van der Waals surface area contributed by atoms with Crippen molar-refractivity contribution in [3.05, 3.63) is 34.7 Å². The summed E-state index contributed by atoms with van der Waals surface area (Å²) in [5, 5.41) is 0. The van der Waals surface area contributed by atoms with Gasteiger partial charge < -0.3 is 4.74 Å². The van der Waals surface area contributed by atoms with Crippen molar-refractivity contribution in [2.24, 2.45) is 0 Å². The largest absolute Gasteiger partial charge is 0.494 e. The molecule has 2 aliphatic rings. The Morgan fingerprint density at radius 2 is 2.04 bits per heavy atom. The van der Waals surface area contributed by atoms with Crippen LogP contribution in [-0.2, 0) is 14.6 Å². The second kappa shape index (κ2) is 8.75. The lowest BCUT2D eigenvalue weighted by atomic mass is 10.2. The number of amides is 1. The van der Waals surface area contributed by atoms with Gasteiger partial charge in [0.1, 0.15) is 10.1 Å². The van der Waals surface area contributed by atoms with Gasteiger partial charge in [-0.2, -0.15) is 0 Å². The molecule has 0 N–H and O–H groups in total. The predicted molar refractivity (Wildman–Crippen MR) is 114 cm³/mol. The highest BCUT2D eigenvalue weighted by Crippen LogP contribution is 2.36. The average molecular weight is 426 g/mol. The Morgan fingerprint density at radius 1 is 1.30 bits per heavy atom. The van der Waals surface area contributed by atoms with Crippen molar-refractivity contribution in [1.82, 2.24) is 4.90 Å². The van der Waals surface area contributed by atoms with E-state index >= 15 is 0 Å². The first-order valence-corrected chi connectivity index (χ1v) is 12.1. The number of carbonyl (C=O) groups excluding carboxylic acids is 1. The molecule has 27 heavy (non-hydrogen) atoms. The van der Waals surface area contributed by atoms with E-state index in [1.165, 1.54) is 16.7 Å². The second-order valence-electron chi connectivity index (χ2n) is 6.73. The van der Waals surface area contributed by atoms with Gasteiger partial charge in [0.15, 0.2) is 9.84 Å². The fourth-order valence-corrected chi connectivity index (χ4v) is 6.23. The van der Waals surface area contributed by atoms with Crippen LogP contribution in [0.4, 0.5) is 0 Å². The normalized spacial score (nSPS) is 23.4. The Bertz CT molecular complexity index is 846. The highest BCUT2D eigenvalue weighted by molar-refractivity contribution is 8.26. The van der Waals surface area contributed by atoms with E-state index in [0.717, 1.165) is 30.6 Å². The van der Waals surface area contributed by atoms with Gasteiger partial charge in [-0.3, -0.25) is 9.69 Å². The third-order valence-corrected chi connectivity index (χ3v) is 7.67. The van der Waals surface area contributed by atoms with E-state index in [1.807, 2.05) is 24.3 Å². The topological polar surface area (TPSA) is 63.7 Å². The number of nitrogens with zero attached hydrogens (tertiary/aromatic N) is 1. The monoisotopic (exact) mass is 425 g/mol. The lowest BCUT2D eigenvalue weighted by Gasteiger charge is -2.20. The van der Waals surface area contributed by atoms with E-state index in [2.05, 4.69) is 6.92 Å². The molecule has 146 valence electrons. The highest BCUT2D eigenvalue weighted by Gasteiger charge is 2.42. The molecule has 0 aromatic heterocycles. The summed E-state index contributed by atoms with van der Waals surface area (Å²) in [7, 11) is -3.07. The van der Waals surface area contributed by atoms with E-state index in [9.17, 15) is 13.2 Å². The van der Waals surface area contributed by atoms with Crippen LogP contribution in [0.5, 0.6) is 5.75 Å². The minimum atomic E-state index is -3.07. The maximum absolute atomic E-state index is 12.7. The van der Waals surface area contributed by atoms with Gasteiger partial charge >= 0.3 is 0 Å². The number of carbonyl (C=O) groups is 1. The van der Waals surface area contributed by atoms with Gasteiger partial charge in [-0.25, -0.2) is 8.42 Å². The van der Waals surface area contributed by atoms with Crippen LogP contribution in [0.3, 0.4) is 0 Å². The van der Waals surface area contributed by atoms with E-state index in [4.69, 9.17) is 17.0 Å². The first kappa shape index (κ1) is 20.4. The molecule has 1 atom stereocenters. The number of ether oxygens (including phenoxy) is 1. The summed E-state index contributed by atoms with van der Waals surface area (Å²) < 4.78 is 29.6. The minimum absolute atomic E-state index is 0.00319. The first-order chi connectivity index (χ1) is 12.9. The first-order valence-electron chi connectivity index (χ1n) is 9.10. The molecule has 0 saturated carbocycles. The Kier molecular flexibility index (Phi) is 6.60. The quantitative estimate of drug-likeness (QED) is 0.378. The third kappa shape index (κ3) is 5.12. The number of thiocarbonyl (C=S) groups is 1. The molecule has 0 aliphatic carbocycles. The number of thioether (sulfide) groups is 1. The minimum Gasteiger partial charge on any atom is -0.494 e. The number of benzene rings is 1. The molecule has 8 heteroatoms. The lowest BCUT2D eigenvalue weighted by molar-refractivity contribution is -0.123. The summed E-state index contributed by atoms with van der Waals surface area (Å²) in [6.45, 7) is 2.86. The SMILES string of the molecule is CCCCCOc1ccc(/C=C2/SC(=S)N([C@H]3CCS(=O)(=O)C3)C2=O)cc1. The van der Waals surface area contributed by atoms with Gasteiger partial charge in [-0.05, 0) is 36.6 Å². The molecule has 2 saturated heterocycles. The van der Waals surface area contributed by atoms with Crippen LogP contribution >= 0.6 is 24.0 Å². The van der Waals surface area contributed by atoms with Crippen molar-refractivity contribution in [2.75, 3.05) is 18.1 Å². The van der Waals surface area contributed by atoms with Gasteiger partial charge in [0, 0.05) is 0 Å². The third-order valence-electron chi connectivity index (χ3n) is 4.59. The van der Waals surface area contributed by atoms with Gasteiger partial charge in [0.2, 0.25) is 0 Å². The van der Waals surface area contributed by atoms with E-state index in [-0.39, 0.29) is 23.5 Å². The van der Waals surface area contributed by atoms with Gasteiger partial charge in [0.05, 0.1) is 29.1 Å². The standard InChI is InChI=1S/C19H23NO4S3/c1-2-3-4-10-24-16-7-5-14(6-8-16)12-17-18(21)20(19(25)26-17)15-9-11-27(22,23)13-15/h5-8,12,15H,2-4,9-11,13H2,1H3/b17-12+/t15-/m0/s1. The summed E-state index contributed by atoms with van der Waals surface area (Å²) in [5.41, 5.74) is 0.885. The van der Waals surface area contributed by atoms with Crippen LogP contribution in [0.25, 0.3) is 6.08 Å². The van der Waals surface area contributed by atoms with Crippen molar-refractivity contribution in [3.63, 3.8) is 0 Å². The fraction of sp³-hybridized carbons (Fsp3) is 0.474. The van der Waals surface area contributed by atoms with E-state index in [1.54, 1.807) is 6.08 Å². The molecule has 2 heterocycles. The lowest BCUT2D eigenvalue weighted by Crippen LogP contribution is -2.39. The van der Waals surface area contributed by atoms with Crippen LogP contribution in [0.15, 0.2) is 29.2 Å². The highest BCUT2D eigenvalue weighted by atomic mass is 32.2. The van der Waals surface area contributed by atoms with Crippen LogP contribution < -0.4 is 4.74 Å². The maximum atomic E-state index is 12.7. The smallest absolute Gasteiger partial charge is 0.266 e. The second-order valence-corrected chi connectivity index (χ2v) is 10.6. The summed E-state index contributed by atoms with van der Waals surface area (Å²) in [6, 6.07) is 7.25. The molecule has 0 radical (unpaired) electrons. The van der Waals surface area contributed by atoms with Crippen molar-refractivity contribution in [2.45, 2.75) is 38.6 Å². The maximum Gasteiger partial charge on any atom is 0.266 e. The number of unbranched alkanes of at least 4 members (excludes halogenated alkanes) is 2. The molecular weight excluding hydrogens is 402 g/mol. The molecule has 0 spiro atoms. The predicted octanol–water partition coefficient (Wildman–Crippen LogP) is 3.64. The average Bonchev–Trinajstić information content (AvgIpc) is 3.11. The van der Waals surface area contributed by atoms with Gasteiger partial charge in [-0.1, -0.05) is 55.9 Å². The molecule has 5 nitrogen and oxygen atoms in total. The number of hydrogen-bond acceptors (Lipinski definition) is 6. The zero-order valence-electron chi connectivity index (χ0n) is 15.2.